The molecule has 2 heterocycles. The van der Waals surface area contributed by atoms with Crippen LogP contribution < -0.4 is 4.74 Å². The number of hydrogen-bond donors (Lipinski definition) is 1. The molecule has 0 saturated carbocycles. The van der Waals surface area contributed by atoms with Crippen molar-refractivity contribution in [3.63, 3.8) is 0 Å². The lowest BCUT2D eigenvalue weighted by Crippen LogP contribution is -2.29. The van der Waals surface area contributed by atoms with Gasteiger partial charge in [-0.1, -0.05) is 38.2 Å². The van der Waals surface area contributed by atoms with Gasteiger partial charge in [-0.25, -0.2) is 4.79 Å². The van der Waals surface area contributed by atoms with Crippen molar-refractivity contribution in [1.82, 2.24) is 0 Å². The second-order valence-corrected chi connectivity index (χ2v) is 8.95. The zero-order valence-electron chi connectivity index (χ0n) is 19.7. The van der Waals surface area contributed by atoms with Crippen molar-refractivity contribution in [2.45, 2.75) is 65.1 Å². The monoisotopic (exact) mass is 446 g/mol. The molecule has 5 atom stereocenters. The quantitative estimate of drug-likeness (QED) is 0.410. The van der Waals surface area contributed by atoms with Gasteiger partial charge < -0.3 is 28.8 Å². The lowest BCUT2D eigenvalue weighted by atomic mass is 9.94. The maximum Gasteiger partial charge on any atom is 0.342 e. The van der Waals surface area contributed by atoms with E-state index in [1.165, 1.54) is 19.2 Å². The number of hydrogen-bond acceptors (Lipinski definition) is 7. The van der Waals surface area contributed by atoms with Gasteiger partial charge in [0.05, 0.1) is 12.2 Å². The Labute approximate surface area is 189 Å². The third-order valence-electron chi connectivity index (χ3n) is 5.81. The molecule has 0 bridgehead atoms. The molecular formula is C25H34O7. The number of esters is 1. The molecule has 1 fully saturated rings. The summed E-state index contributed by atoms with van der Waals surface area (Å²) in [5.74, 6) is -0.911. The number of phenols is 1. The van der Waals surface area contributed by atoms with Crippen molar-refractivity contribution < 1.29 is 33.6 Å². The van der Waals surface area contributed by atoms with E-state index < -0.39 is 11.8 Å². The third kappa shape index (κ3) is 5.71. The maximum atomic E-state index is 13.1. The van der Waals surface area contributed by atoms with Crippen LogP contribution in [0.15, 0.2) is 30.4 Å². The second kappa shape index (κ2) is 10.1. The van der Waals surface area contributed by atoms with E-state index in [4.69, 9.17) is 23.7 Å². The van der Waals surface area contributed by atoms with Crippen LogP contribution in [-0.2, 0) is 18.9 Å². The highest BCUT2D eigenvalue weighted by Crippen LogP contribution is 2.36. The van der Waals surface area contributed by atoms with Gasteiger partial charge >= 0.3 is 5.97 Å². The van der Waals surface area contributed by atoms with Crippen LogP contribution in [0.3, 0.4) is 0 Å². The van der Waals surface area contributed by atoms with Gasteiger partial charge in [-0.3, -0.25) is 0 Å². The standard InChI is InChI=1S/C25H34O7/c1-15-10-11-16(2)23-20(31-25(4,5)32-23)9-7-8-18-12-19(26)13-21(29-14-28-6)22(18)24(27)30-17(15)3/h7-8,10-13,15-17,20,23,26H,9,14H2,1-6H3/b8-7+,11-10-/t15-,16?,17+,20?,23?/m1/s1. The molecule has 1 aromatic carbocycles. The summed E-state index contributed by atoms with van der Waals surface area (Å²) in [5, 5.41) is 10.2. The summed E-state index contributed by atoms with van der Waals surface area (Å²) >= 11 is 0. The minimum atomic E-state index is -0.672. The number of fused-ring (bicyclic) bond motifs is 2. The number of benzene rings is 1. The Morgan fingerprint density at radius 3 is 2.56 bits per heavy atom. The minimum Gasteiger partial charge on any atom is -0.508 e. The first-order valence-corrected chi connectivity index (χ1v) is 11.0. The molecule has 176 valence electrons. The zero-order chi connectivity index (χ0) is 23.5. The largest absolute Gasteiger partial charge is 0.508 e. The average Bonchev–Trinajstić information content (AvgIpc) is 3.03. The van der Waals surface area contributed by atoms with Gasteiger partial charge in [0.1, 0.15) is 23.2 Å². The topological polar surface area (TPSA) is 83.5 Å². The fourth-order valence-corrected chi connectivity index (χ4v) is 3.98. The summed E-state index contributed by atoms with van der Waals surface area (Å²) in [6, 6.07) is 2.90. The van der Waals surface area contributed by atoms with Crippen LogP contribution in [-0.4, -0.2) is 49.1 Å². The average molecular weight is 447 g/mol. The van der Waals surface area contributed by atoms with Crippen LogP contribution in [0.5, 0.6) is 11.5 Å². The number of aromatic hydroxyl groups is 1. The van der Waals surface area contributed by atoms with Crippen LogP contribution >= 0.6 is 0 Å². The van der Waals surface area contributed by atoms with Crippen molar-refractivity contribution in [3.05, 3.63) is 41.5 Å². The van der Waals surface area contributed by atoms with E-state index in [9.17, 15) is 9.90 Å². The third-order valence-corrected chi connectivity index (χ3v) is 5.81. The summed E-state index contributed by atoms with van der Waals surface area (Å²) in [7, 11) is 1.48. The highest BCUT2D eigenvalue weighted by Gasteiger charge is 2.42. The Morgan fingerprint density at radius 1 is 1.12 bits per heavy atom. The predicted octanol–water partition coefficient (Wildman–Crippen LogP) is 4.69. The molecule has 0 spiro atoms. The Morgan fingerprint density at radius 2 is 1.84 bits per heavy atom. The Kier molecular flexibility index (Phi) is 7.64. The number of methoxy groups -OCH3 is 1. The fraction of sp³-hybridized carbons (Fsp3) is 0.560. The molecule has 3 rings (SSSR count). The summed E-state index contributed by atoms with van der Waals surface area (Å²) < 4.78 is 28.7. The number of ether oxygens (including phenoxy) is 5. The fourth-order valence-electron chi connectivity index (χ4n) is 3.98. The Hall–Kier alpha value is -2.35. The normalized spacial score (nSPS) is 32.2. The molecule has 7 nitrogen and oxygen atoms in total. The van der Waals surface area contributed by atoms with Gasteiger partial charge in [0, 0.05) is 25.0 Å². The van der Waals surface area contributed by atoms with Crippen molar-refractivity contribution in [1.29, 1.82) is 0 Å². The molecule has 32 heavy (non-hydrogen) atoms. The van der Waals surface area contributed by atoms with Gasteiger partial charge in [-0.2, -0.15) is 0 Å². The van der Waals surface area contributed by atoms with Gasteiger partial charge in [0.25, 0.3) is 0 Å². The first-order chi connectivity index (χ1) is 15.1. The van der Waals surface area contributed by atoms with Gasteiger partial charge in [0.15, 0.2) is 12.6 Å². The molecule has 1 N–H and O–H groups in total. The van der Waals surface area contributed by atoms with E-state index in [2.05, 4.69) is 19.1 Å². The molecule has 1 saturated heterocycles. The zero-order valence-corrected chi connectivity index (χ0v) is 19.7. The molecule has 0 amide bonds. The van der Waals surface area contributed by atoms with Gasteiger partial charge in [-0.15, -0.1) is 0 Å². The van der Waals surface area contributed by atoms with Gasteiger partial charge in [0.2, 0.25) is 0 Å². The lowest BCUT2D eigenvalue weighted by molar-refractivity contribution is -0.148. The molecule has 3 unspecified atom stereocenters. The molecule has 0 aliphatic carbocycles. The Balaban J connectivity index is 2.04. The van der Waals surface area contributed by atoms with Crippen molar-refractivity contribution in [2.75, 3.05) is 13.9 Å². The SMILES string of the molecule is COCOc1cc(O)cc2c1C(=O)O[C@@H](C)[C@H](C)/C=C\C(C)C1OC(C)(C)OC1C/C=C/2. The van der Waals surface area contributed by atoms with Crippen LogP contribution in [0.25, 0.3) is 6.08 Å². The van der Waals surface area contributed by atoms with E-state index in [1.807, 2.05) is 33.8 Å². The molecule has 2 aliphatic rings. The molecule has 0 aromatic heterocycles. The molecule has 7 heteroatoms. The molecular weight excluding hydrogens is 412 g/mol. The van der Waals surface area contributed by atoms with E-state index in [-0.39, 0.29) is 54.0 Å². The molecule has 1 aromatic rings. The lowest BCUT2D eigenvalue weighted by Gasteiger charge is -2.23. The smallest absolute Gasteiger partial charge is 0.342 e. The number of cyclic esters (lactones) is 1. The summed E-state index contributed by atoms with van der Waals surface area (Å²) in [5.41, 5.74) is 0.737. The van der Waals surface area contributed by atoms with E-state index in [1.54, 1.807) is 6.08 Å². The predicted molar refractivity (Wildman–Crippen MR) is 120 cm³/mol. The van der Waals surface area contributed by atoms with Crippen LogP contribution in [0, 0.1) is 11.8 Å². The van der Waals surface area contributed by atoms with Crippen LogP contribution in [0.1, 0.15) is 57.0 Å². The maximum absolute atomic E-state index is 13.1. The molecule has 2 aliphatic heterocycles. The van der Waals surface area contributed by atoms with Crippen LogP contribution in [0.4, 0.5) is 0 Å². The summed E-state index contributed by atoms with van der Waals surface area (Å²) in [6.07, 6.45) is 7.81. The van der Waals surface area contributed by atoms with Crippen molar-refractivity contribution in [3.8, 4) is 11.5 Å². The van der Waals surface area contributed by atoms with Crippen molar-refractivity contribution in [2.24, 2.45) is 11.8 Å². The van der Waals surface area contributed by atoms with E-state index in [0.29, 0.717) is 12.0 Å². The highest BCUT2D eigenvalue weighted by molar-refractivity contribution is 5.97. The van der Waals surface area contributed by atoms with E-state index in [0.717, 1.165) is 0 Å². The summed E-state index contributed by atoms with van der Waals surface area (Å²) in [4.78, 5) is 13.1. The van der Waals surface area contributed by atoms with Gasteiger partial charge in [-0.05, 0) is 38.8 Å². The number of carbonyl (C=O) groups excluding carboxylic acids is 1. The van der Waals surface area contributed by atoms with Crippen molar-refractivity contribution >= 4 is 12.0 Å². The summed E-state index contributed by atoms with van der Waals surface area (Å²) in [6.45, 7) is 9.72. The van der Waals surface area contributed by atoms with Crippen LogP contribution in [0.2, 0.25) is 0 Å². The first kappa shape index (κ1) is 24.3. The van der Waals surface area contributed by atoms with E-state index >= 15 is 0 Å². The Bertz CT molecular complexity index is 873. The highest BCUT2D eigenvalue weighted by atomic mass is 16.8. The number of rotatable bonds is 3. The molecule has 0 radical (unpaired) electrons. The number of carbonyl (C=O) groups is 1. The number of phenolic OH excluding ortho intramolecular Hbond substituents is 1. The first-order valence-electron chi connectivity index (χ1n) is 11.0. The second-order valence-electron chi connectivity index (χ2n) is 8.95. The minimum absolute atomic E-state index is 0.0161.